The van der Waals surface area contributed by atoms with E-state index in [0.717, 1.165) is 11.1 Å². The number of benzene rings is 2. The van der Waals surface area contributed by atoms with Gasteiger partial charge >= 0.3 is 0 Å². The van der Waals surface area contributed by atoms with E-state index in [0.29, 0.717) is 24.1 Å². The summed E-state index contributed by atoms with van der Waals surface area (Å²) >= 11 is 3.29. The zero-order chi connectivity index (χ0) is 15.2. The lowest BCUT2D eigenvalue weighted by Gasteiger charge is -2.10. The molecule has 0 aliphatic rings. The highest BCUT2D eigenvalue weighted by Crippen LogP contribution is 2.22. The number of hydrogen-bond donors (Lipinski definition) is 0. The third-order valence-corrected chi connectivity index (χ3v) is 3.57. The molecular formula is C15H13BrFNO3. The van der Waals surface area contributed by atoms with Gasteiger partial charge in [0, 0.05) is 29.4 Å². The van der Waals surface area contributed by atoms with E-state index < -0.39 is 4.92 Å². The van der Waals surface area contributed by atoms with Gasteiger partial charge in [0.1, 0.15) is 11.6 Å². The summed E-state index contributed by atoms with van der Waals surface area (Å²) in [7, 11) is 0. The molecule has 0 bridgehead atoms. The fourth-order valence-corrected chi connectivity index (χ4v) is 2.29. The van der Waals surface area contributed by atoms with Gasteiger partial charge in [-0.15, -0.1) is 0 Å². The standard InChI is InChI=1S/C15H13BrFNO3/c16-10-12-9-13(17)3-6-15(12)21-8-7-11-1-4-14(5-2-11)18(19)20/h1-6,9H,7-8,10H2. The van der Waals surface area contributed by atoms with Crippen molar-refractivity contribution >= 4 is 21.6 Å². The van der Waals surface area contributed by atoms with Gasteiger partial charge in [0.25, 0.3) is 5.69 Å². The predicted octanol–water partition coefficient (Wildman–Crippen LogP) is 4.25. The predicted molar refractivity (Wildman–Crippen MR) is 81.3 cm³/mol. The van der Waals surface area contributed by atoms with Gasteiger partial charge in [-0.25, -0.2) is 4.39 Å². The summed E-state index contributed by atoms with van der Waals surface area (Å²) in [5.74, 6) is 0.336. The number of non-ortho nitro benzene ring substituents is 1. The Balaban J connectivity index is 1.93. The Bertz CT molecular complexity index is 631. The first-order chi connectivity index (χ1) is 10.1. The normalized spacial score (nSPS) is 10.4. The maximum Gasteiger partial charge on any atom is 0.269 e. The second-order valence-electron chi connectivity index (χ2n) is 4.41. The van der Waals surface area contributed by atoms with Crippen LogP contribution in [0, 0.1) is 15.9 Å². The van der Waals surface area contributed by atoms with Crippen LogP contribution in [0.1, 0.15) is 11.1 Å². The van der Waals surface area contributed by atoms with Crippen LogP contribution in [0.25, 0.3) is 0 Å². The van der Waals surface area contributed by atoms with Gasteiger partial charge < -0.3 is 4.74 Å². The molecule has 110 valence electrons. The molecule has 2 aromatic carbocycles. The largest absolute Gasteiger partial charge is 0.493 e. The van der Waals surface area contributed by atoms with Crippen molar-refractivity contribution < 1.29 is 14.1 Å². The lowest BCUT2D eigenvalue weighted by atomic mass is 10.1. The van der Waals surface area contributed by atoms with E-state index in [9.17, 15) is 14.5 Å². The molecule has 0 saturated heterocycles. The van der Waals surface area contributed by atoms with Gasteiger partial charge in [-0.1, -0.05) is 28.1 Å². The number of halogens is 2. The van der Waals surface area contributed by atoms with Crippen molar-refractivity contribution in [1.29, 1.82) is 0 Å². The molecule has 21 heavy (non-hydrogen) atoms. The molecule has 6 heteroatoms. The molecule has 0 unspecified atom stereocenters. The first-order valence-corrected chi connectivity index (χ1v) is 7.43. The lowest BCUT2D eigenvalue weighted by Crippen LogP contribution is -2.03. The van der Waals surface area contributed by atoms with Crippen molar-refractivity contribution in [3.05, 3.63) is 69.5 Å². The molecule has 0 aliphatic heterocycles. The van der Waals surface area contributed by atoms with Crippen LogP contribution in [-0.2, 0) is 11.8 Å². The number of rotatable bonds is 6. The summed E-state index contributed by atoms with van der Waals surface area (Å²) < 4.78 is 18.7. The molecule has 2 aromatic rings. The monoisotopic (exact) mass is 353 g/mol. The number of nitro benzene ring substituents is 1. The summed E-state index contributed by atoms with van der Waals surface area (Å²) in [5, 5.41) is 11.1. The van der Waals surface area contributed by atoms with E-state index in [1.54, 1.807) is 18.2 Å². The molecule has 4 nitrogen and oxygen atoms in total. The van der Waals surface area contributed by atoms with Crippen LogP contribution in [0.15, 0.2) is 42.5 Å². The fraction of sp³-hybridized carbons (Fsp3) is 0.200. The molecule has 0 fully saturated rings. The Hall–Kier alpha value is -1.95. The Morgan fingerprint density at radius 3 is 2.52 bits per heavy atom. The van der Waals surface area contributed by atoms with E-state index in [4.69, 9.17) is 4.74 Å². The SMILES string of the molecule is O=[N+]([O-])c1ccc(CCOc2ccc(F)cc2CBr)cc1. The number of ether oxygens (including phenoxy) is 1. The van der Waals surface area contributed by atoms with E-state index in [-0.39, 0.29) is 11.5 Å². The highest BCUT2D eigenvalue weighted by Gasteiger charge is 2.06. The first kappa shape index (κ1) is 15.4. The molecule has 2 rings (SSSR count). The Kier molecular flexibility index (Phi) is 5.27. The highest BCUT2D eigenvalue weighted by molar-refractivity contribution is 9.08. The first-order valence-electron chi connectivity index (χ1n) is 6.30. The molecule has 0 radical (unpaired) electrons. The van der Waals surface area contributed by atoms with E-state index >= 15 is 0 Å². The van der Waals surface area contributed by atoms with Crippen molar-refractivity contribution in [3.8, 4) is 5.75 Å². The number of nitrogens with zero attached hydrogens (tertiary/aromatic N) is 1. The van der Waals surface area contributed by atoms with Gasteiger partial charge in [0.05, 0.1) is 11.5 Å². The molecule has 0 saturated carbocycles. The van der Waals surface area contributed by atoms with Crippen LogP contribution >= 0.6 is 15.9 Å². The maximum atomic E-state index is 13.1. The quantitative estimate of drug-likeness (QED) is 0.443. The van der Waals surface area contributed by atoms with Crippen molar-refractivity contribution in [2.45, 2.75) is 11.8 Å². The summed E-state index contributed by atoms with van der Waals surface area (Å²) in [6, 6.07) is 10.7. The molecule has 0 N–H and O–H groups in total. The van der Waals surface area contributed by atoms with Crippen molar-refractivity contribution in [1.82, 2.24) is 0 Å². The van der Waals surface area contributed by atoms with Crippen LogP contribution in [-0.4, -0.2) is 11.5 Å². The summed E-state index contributed by atoms with van der Waals surface area (Å²) in [6.45, 7) is 0.420. The molecule has 0 aliphatic carbocycles. The molecule has 0 heterocycles. The zero-order valence-corrected chi connectivity index (χ0v) is 12.7. The minimum atomic E-state index is -0.429. The van der Waals surface area contributed by atoms with Crippen LogP contribution in [0.4, 0.5) is 10.1 Å². The van der Waals surface area contributed by atoms with Gasteiger partial charge in [-0.3, -0.25) is 10.1 Å². The minimum Gasteiger partial charge on any atom is -0.493 e. The third-order valence-electron chi connectivity index (χ3n) is 2.96. The van der Waals surface area contributed by atoms with Crippen LogP contribution < -0.4 is 4.74 Å². The van der Waals surface area contributed by atoms with Gasteiger partial charge in [0.2, 0.25) is 0 Å². The fourth-order valence-electron chi connectivity index (χ4n) is 1.86. The number of alkyl halides is 1. The smallest absolute Gasteiger partial charge is 0.269 e. The number of hydrogen-bond acceptors (Lipinski definition) is 3. The van der Waals surface area contributed by atoms with Crippen LogP contribution in [0.3, 0.4) is 0 Å². The van der Waals surface area contributed by atoms with E-state index in [1.165, 1.54) is 24.3 Å². The summed E-state index contributed by atoms with van der Waals surface area (Å²) in [4.78, 5) is 10.1. The molecule has 0 aromatic heterocycles. The summed E-state index contributed by atoms with van der Waals surface area (Å²) in [5.41, 5.74) is 1.77. The van der Waals surface area contributed by atoms with Crippen molar-refractivity contribution in [2.75, 3.05) is 6.61 Å². The maximum absolute atomic E-state index is 13.1. The molecule has 0 atom stereocenters. The second-order valence-corrected chi connectivity index (χ2v) is 4.97. The molecule has 0 amide bonds. The van der Waals surface area contributed by atoms with Crippen molar-refractivity contribution in [3.63, 3.8) is 0 Å². The average molecular weight is 354 g/mol. The summed E-state index contributed by atoms with van der Waals surface area (Å²) in [6.07, 6.45) is 0.622. The van der Waals surface area contributed by atoms with E-state index in [1.807, 2.05) is 0 Å². The van der Waals surface area contributed by atoms with E-state index in [2.05, 4.69) is 15.9 Å². The Labute approximate surface area is 129 Å². The topological polar surface area (TPSA) is 52.4 Å². The molecular weight excluding hydrogens is 341 g/mol. The highest BCUT2D eigenvalue weighted by atomic mass is 79.9. The van der Waals surface area contributed by atoms with Gasteiger partial charge in [-0.2, -0.15) is 0 Å². The van der Waals surface area contributed by atoms with Crippen LogP contribution in [0.2, 0.25) is 0 Å². The van der Waals surface area contributed by atoms with Crippen molar-refractivity contribution in [2.24, 2.45) is 0 Å². The Morgan fingerprint density at radius 1 is 1.19 bits per heavy atom. The van der Waals surface area contributed by atoms with Crippen LogP contribution in [0.5, 0.6) is 5.75 Å². The second kappa shape index (κ2) is 7.17. The third kappa shape index (κ3) is 4.26. The van der Waals surface area contributed by atoms with Gasteiger partial charge in [-0.05, 0) is 23.8 Å². The minimum absolute atomic E-state index is 0.0692. The average Bonchev–Trinajstić information content (AvgIpc) is 2.49. The van der Waals surface area contributed by atoms with Gasteiger partial charge in [0.15, 0.2) is 0 Å². The number of nitro groups is 1. The molecule has 0 spiro atoms. The lowest BCUT2D eigenvalue weighted by molar-refractivity contribution is -0.384. The zero-order valence-electron chi connectivity index (χ0n) is 11.1. The Morgan fingerprint density at radius 2 is 1.90 bits per heavy atom.